The molecule has 0 spiro atoms. The summed E-state index contributed by atoms with van der Waals surface area (Å²) in [6, 6.07) is 8.21. The molecular formula is C26H43ClN6O2. The number of alkyl carbamates (subject to hydrolysis) is 1. The van der Waals surface area contributed by atoms with Gasteiger partial charge in [-0.2, -0.15) is 0 Å². The first kappa shape index (κ1) is 28.9. The summed E-state index contributed by atoms with van der Waals surface area (Å²) in [5, 5.41) is 2.97. The number of carbonyl (C=O) groups is 1. The number of ether oxygens (including phenoxy) is 1. The molecule has 3 N–H and O–H groups in total. The predicted octanol–water partition coefficient (Wildman–Crippen LogP) is 4.40. The fourth-order valence-corrected chi connectivity index (χ4v) is 4.48. The van der Waals surface area contributed by atoms with E-state index in [0.29, 0.717) is 18.7 Å². The molecule has 1 fully saturated rings. The molecule has 0 aromatic heterocycles. The number of hydrogen-bond acceptors (Lipinski definition) is 4. The Hall–Kier alpha value is -2.32. The van der Waals surface area contributed by atoms with Crippen molar-refractivity contribution in [3.05, 3.63) is 29.8 Å². The van der Waals surface area contributed by atoms with Gasteiger partial charge in [-0.25, -0.2) is 14.8 Å². The number of aliphatic imine (C=N–C) groups is 2. The molecule has 1 aliphatic rings. The van der Waals surface area contributed by atoms with E-state index >= 15 is 0 Å². The molecule has 8 nitrogen and oxygen atoms in total. The average molecular weight is 507 g/mol. The fourth-order valence-electron chi connectivity index (χ4n) is 4.35. The lowest BCUT2D eigenvalue weighted by molar-refractivity contribution is 0.0474. The van der Waals surface area contributed by atoms with E-state index in [0.717, 1.165) is 44.0 Å². The van der Waals surface area contributed by atoms with Gasteiger partial charge in [-0.15, -0.1) is 11.6 Å². The van der Waals surface area contributed by atoms with Crippen LogP contribution in [0.25, 0.3) is 0 Å². The summed E-state index contributed by atoms with van der Waals surface area (Å²) in [5.74, 6) is 1.66. The third kappa shape index (κ3) is 9.68. The molecule has 0 bridgehead atoms. The minimum absolute atomic E-state index is 0.0755. The number of aryl methyl sites for hydroxylation is 1. The van der Waals surface area contributed by atoms with Crippen molar-refractivity contribution < 1.29 is 9.53 Å². The van der Waals surface area contributed by atoms with Crippen LogP contribution in [0.15, 0.2) is 34.3 Å². The Morgan fingerprint density at radius 2 is 2.00 bits per heavy atom. The van der Waals surface area contributed by atoms with Gasteiger partial charge in [0, 0.05) is 43.7 Å². The Labute approximate surface area is 216 Å². The van der Waals surface area contributed by atoms with Gasteiger partial charge in [0.2, 0.25) is 5.96 Å². The van der Waals surface area contributed by atoms with Crippen LogP contribution in [-0.4, -0.2) is 73.0 Å². The molecule has 1 aromatic carbocycles. The number of likely N-dealkylation sites (tertiary alicyclic amines) is 1. The summed E-state index contributed by atoms with van der Waals surface area (Å²) in [5.41, 5.74) is 8.22. The van der Waals surface area contributed by atoms with Crippen molar-refractivity contribution in [2.24, 2.45) is 15.7 Å². The van der Waals surface area contributed by atoms with Gasteiger partial charge in [0.15, 0.2) is 0 Å². The number of amides is 1. The molecule has 1 aliphatic heterocycles. The smallest absolute Gasteiger partial charge is 0.407 e. The zero-order valence-corrected chi connectivity index (χ0v) is 22.9. The maximum absolute atomic E-state index is 12.3. The number of nitrogens with two attached hydrogens (primary N) is 1. The molecule has 0 radical (unpaired) electrons. The third-order valence-electron chi connectivity index (χ3n) is 5.72. The quantitative estimate of drug-likeness (QED) is 0.309. The number of anilines is 1. The van der Waals surface area contributed by atoms with E-state index in [9.17, 15) is 4.79 Å². The first-order valence-electron chi connectivity index (χ1n) is 12.6. The number of nitrogens with one attached hydrogen (secondary N) is 1. The number of halogens is 1. The predicted molar refractivity (Wildman–Crippen MR) is 147 cm³/mol. The number of likely N-dealkylation sites (N-methyl/N-ethyl adjacent to an activating group) is 1. The molecule has 0 aliphatic carbocycles. The highest BCUT2D eigenvalue weighted by Crippen LogP contribution is 2.23. The summed E-state index contributed by atoms with van der Waals surface area (Å²) >= 11 is 6.02. The van der Waals surface area contributed by atoms with Crippen LogP contribution in [-0.2, 0) is 11.2 Å². The van der Waals surface area contributed by atoms with Crippen molar-refractivity contribution in [1.82, 2.24) is 10.2 Å². The molecule has 35 heavy (non-hydrogen) atoms. The number of amidine groups is 1. The van der Waals surface area contributed by atoms with E-state index in [2.05, 4.69) is 47.2 Å². The lowest BCUT2D eigenvalue weighted by Crippen LogP contribution is -2.52. The highest BCUT2D eigenvalue weighted by atomic mass is 35.5. The summed E-state index contributed by atoms with van der Waals surface area (Å²) in [4.78, 5) is 26.1. The molecule has 9 heteroatoms. The van der Waals surface area contributed by atoms with E-state index in [-0.39, 0.29) is 18.0 Å². The van der Waals surface area contributed by atoms with Crippen molar-refractivity contribution in [1.29, 1.82) is 0 Å². The molecule has 2 atom stereocenters. The molecule has 1 aromatic rings. The largest absolute Gasteiger partial charge is 0.444 e. The summed E-state index contributed by atoms with van der Waals surface area (Å²) < 4.78 is 5.41. The van der Waals surface area contributed by atoms with E-state index in [1.54, 1.807) is 0 Å². The second-order valence-electron chi connectivity index (χ2n) is 9.99. The minimum Gasteiger partial charge on any atom is -0.444 e. The maximum Gasteiger partial charge on any atom is 0.407 e. The first-order valence-corrected chi connectivity index (χ1v) is 13.1. The van der Waals surface area contributed by atoms with E-state index in [4.69, 9.17) is 32.1 Å². The van der Waals surface area contributed by atoms with Crippen LogP contribution in [0, 0.1) is 0 Å². The molecule has 0 saturated carbocycles. The number of hydrogen-bond donors (Lipinski definition) is 2. The Morgan fingerprint density at radius 3 is 2.63 bits per heavy atom. The first-order chi connectivity index (χ1) is 16.6. The second kappa shape index (κ2) is 13.7. The highest BCUT2D eigenvalue weighted by molar-refractivity contribution is 6.18. The van der Waals surface area contributed by atoms with Gasteiger partial charge in [-0.05, 0) is 65.6 Å². The van der Waals surface area contributed by atoms with E-state index < -0.39 is 11.7 Å². The molecule has 1 amide bonds. The standard InChI is InChI=1S/C26H43ClN6O2/c1-7-19-12-9-10-13-22(19)33(8-2)23(14-11-15-27)31-24(28)29-20-16-21(18-32(6)17-20)30-25(34)35-26(3,4)5/h9-10,12-13,20-21H,7-8,11,14-18H2,1-6H3,(H2,28,29)(H,30,34). The SMILES string of the molecule is CCc1ccccc1N(CC)C(CCCCl)=NC(N)=NC1CC(NC(=O)OC(C)(C)C)CN(C)C1. The topological polar surface area (TPSA) is 95.5 Å². The van der Waals surface area contributed by atoms with Crippen LogP contribution in [0.3, 0.4) is 0 Å². The third-order valence-corrected chi connectivity index (χ3v) is 5.98. The number of benzene rings is 1. The average Bonchev–Trinajstić information content (AvgIpc) is 2.76. The molecule has 1 saturated heterocycles. The van der Waals surface area contributed by atoms with Crippen LogP contribution in [0.2, 0.25) is 0 Å². The van der Waals surface area contributed by atoms with Crippen LogP contribution < -0.4 is 16.0 Å². The number of rotatable bonds is 8. The van der Waals surface area contributed by atoms with Crippen LogP contribution >= 0.6 is 11.6 Å². The van der Waals surface area contributed by atoms with Crippen molar-refractivity contribution in [3.8, 4) is 0 Å². The summed E-state index contributed by atoms with van der Waals surface area (Å²) in [7, 11) is 2.01. The number of alkyl halides is 1. The monoisotopic (exact) mass is 506 g/mol. The summed E-state index contributed by atoms with van der Waals surface area (Å²) in [6.07, 6.45) is 2.70. The van der Waals surface area contributed by atoms with Gasteiger partial charge in [-0.1, -0.05) is 25.1 Å². The number of carbonyl (C=O) groups excluding carboxylic acids is 1. The zero-order chi connectivity index (χ0) is 26.0. The van der Waals surface area contributed by atoms with Crippen molar-refractivity contribution in [2.45, 2.75) is 78.0 Å². The van der Waals surface area contributed by atoms with Gasteiger partial charge >= 0.3 is 6.09 Å². The molecule has 2 unspecified atom stereocenters. The van der Waals surface area contributed by atoms with Gasteiger partial charge < -0.3 is 25.6 Å². The Balaban J connectivity index is 2.22. The van der Waals surface area contributed by atoms with Gasteiger partial charge in [0.1, 0.15) is 11.4 Å². The van der Waals surface area contributed by atoms with E-state index in [1.807, 2.05) is 33.9 Å². The van der Waals surface area contributed by atoms with Crippen LogP contribution in [0.4, 0.5) is 10.5 Å². The zero-order valence-electron chi connectivity index (χ0n) is 22.2. The van der Waals surface area contributed by atoms with Crippen LogP contribution in [0.5, 0.6) is 0 Å². The van der Waals surface area contributed by atoms with E-state index in [1.165, 1.54) is 5.56 Å². The lowest BCUT2D eigenvalue weighted by atomic mass is 10.0. The van der Waals surface area contributed by atoms with Gasteiger partial charge in [-0.3, -0.25) is 0 Å². The van der Waals surface area contributed by atoms with Gasteiger partial charge in [0.25, 0.3) is 0 Å². The molecule has 196 valence electrons. The van der Waals surface area contributed by atoms with Gasteiger partial charge in [0.05, 0.1) is 6.04 Å². The lowest BCUT2D eigenvalue weighted by Gasteiger charge is -2.34. The van der Waals surface area contributed by atoms with Crippen LogP contribution in [0.1, 0.15) is 59.4 Å². The fraction of sp³-hybridized carbons (Fsp3) is 0.654. The Bertz CT molecular complexity index is 883. The number of guanidine groups is 1. The normalized spacial score (nSPS) is 20.0. The number of nitrogens with zero attached hydrogens (tertiary/aromatic N) is 4. The number of para-hydroxylation sites is 1. The molecule has 2 rings (SSSR count). The van der Waals surface area contributed by atoms with Crippen molar-refractivity contribution >= 4 is 35.2 Å². The molecular weight excluding hydrogens is 464 g/mol. The second-order valence-corrected chi connectivity index (χ2v) is 10.4. The summed E-state index contributed by atoms with van der Waals surface area (Å²) in [6.45, 7) is 12.1. The molecule has 1 heterocycles. The van der Waals surface area contributed by atoms with Crippen molar-refractivity contribution in [3.63, 3.8) is 0 Å². The minimum atomic E-state index is -0.539. The van der Waals surface area contributed by atoms with Crippen molar-refractivity contribution in [2.75, 3.05) is 37.5 Å². The Kier molecular flexibility index (Phi) is 11.3. The maximum atomic E-state index is 12.3. The highest BCUT2D eigenvalue weighted by Gasteiger charge is 2.28. The Morgan fingerprint density at radius 1 is 1.29 bits per heavy atom. The number of piperidine rings is 1.